The molecule has 0 N–H and O–H groups in total. The Hall–Kier alpha value is -1.62. The second-order valence-electron chi connectivity index (χ2n) is 5.00. The standard InChI is InChI=1S/C14H22N2O3/c1-6-12-7-8-16(13(12)17)19-14(18)10(2)9-11(3)15(4)5/h6,9,11-12H,1,7-8H2,2-5H3/b10-9+. The first-order chi connectivity index (χ1) is 8.86. The molecule has 0 spiro atoms. The van der Waals surface area contributed by atoms with Gasteiger partial charge in [-0.25, -0.2) is 4.79 Å². The molecule has 0 aromatic rings. The summed E-state index contributed by atoms with van der Waals surface area (Å²) in [7, 11) is 3.86. The average molecular weight is 266 g/mol. The lowest BCUT2D eigenvalue weighted by molar-refractivity contribution is -0.189. The Morgan fingerprint density at radius 3 is 2.68 bits per heavy atom. The molecule has 0 aromatic heterocycles. The number of hydrogen-bond acceptors (Lipinski definition) is 4. The molecule has 1 saturated heterocycles. The Labute approximate surface area is 114 Å². The summed E-state index contributed by atoms with van der Waals surface area (Å²) in [4.78, 5) is 30.7. The maximum atomic E-state index is 11.9. The monoisotopic (exact) mass is 266 g/mol. The van der Waals surface area contributed by atoms with Crippen LogP contribution in [-0.4, -0.2) is 48.5 Å². The number of amides is 1. The first kappa shape index (κ1) is 15.4. The summed E-state index contributed by atoms with van der Waals surface area (Å²) in [6.45, 7) is 7.69. The molecule has 1 rings (SSSR count). The summed E-state index contributed by atoms with van der Waals surface area (Å²) in [5, 5.41) is 1.13. The fourth-order valence-corrected chi connectivity index (χ4v) is 1.74. The number of carbonyl (C=O) groups is 2. The fourth-order valence-electron chi connectivity index (χ4n) is 1.74. The summed E-state index contributed by atoms with van der Waals surface area (Å²) < 4.78 is 0. The van der Waals surface area contributed by atoms with E-state index in [1.165, 1.54) is 0 Å². The summed E-state index contributed by atoms with van der Waals surface area (Å²) in [6.07, 6.45) is 4.05. The van der Waals surface area contributed by atoms with Crippen LogP contribution in [0.1, 0.15) is 20.3 Å². The molecule has 2 atom stereocenters. The van der Waals surface area contributed by atoms with Crippen molar-refractivity contribution < 1.29 is 14.4 Å². The van der Waals surface area contributed by atoms with Crippen LogP contribution in [0.5, 0.6) is 0 Å². The van der Waals surface area contributed by atoms with Crippen LogP contribution in [0.15, 0.2) is 24.3 Å². The molecule has 5 heteroatoms. The normalized spacial score (nSPS) is 21.7. The van der Waals surface area contributed by atoms with E-state index in [2.05, 4.69) is 6.58 Å². The Balaban J connectivity index is 2.61. The highest BCUT2D eigenvalue weighted by Crippen LogP contribution is 2.19. The SMILES string of the molecule is C=CC1CCN(OC(=O)/C(C)=C/C(C)N(C)C)C1=O. The van der Waals surface area contributed by atoms with E-state index in [0.29, 0.717) is 18.5 Å². The highest BCUT2D eigenvalue weighted by Gasteiger charge is 2.32. The van der Waals surface area contributed by atoms with Gasteiger partial charge in [-0.2, -0.15) is 5.06 Å². The maximum absolute atomic E-state index is 11.9. The van der Waals surface area contributed by atoms with Gasteiger partial charge in [-0.15, -0.1) is 6.58 Å². The van der Waals surface area contributed by atoms with Gasteiger partial charge < -0.3 is 9.74 Å². The largest absolute Gasteiger partial charge is 0.358 e. The van der Waals surface area contributed by atoms with Crippen LogP contribution in [-0.2, 0) is 14.4 Å². The van der Waals surface area contributed by atoms with E-state index < -0.39 is 5.97 Å². The van der Waals surface area contributed by atoms with Gasteiger partial charge in [0, 0.05) is 11.6 Å². The number of hydroxylamine groups is 2. The zero-order chi connectivity index (χ0) is 14.6. The van der Waals surface area contributed by atoms with Gasteiger partial charge in [-0.05, 0) is 34.4 Å². The van der Waals surface area contributed by atoms with Crippen molar-refractivity contribution in [3.8, 4) is 0 Å². The second-order valence-corrected chi connectivity index (χ2v) is 5.00. The molecule has 1 aliphatic rings. The highest BCUT2D eigenvalue weighted by atomic mass is 16.7. The van der Waals surface area contributed by atoms with E-state index in [4.69, 9.17) is 4.84 Å². The lowest BCUT2D eigenvalue weighted by Crippen LogP contribution is -2.31. The highest BCUT2D eigenvalue weighted by molar-refractivity contribution is 5.90. The molecule has 0 aliphatic carbocycles. The molecule has 1 amide bonds. The van der Waals surface area contributed by atoms with E-state index in [0.717, 1.165) is 5.06 Å². The first-order valence-electron chi connectivity index (χ1n) is 6.38. The number of likely N-dealkylation sites (N-methyl/N-ethyl adjacent to an activating group) is 1. The van der Waals surface area contributed by atoms with Crippen molar-refractivity contribution >= 4 is 11.9 Å². The number of carbonyl (C=O) groups excluding carboxylic acids is 2. The van der Waals surface area contributed by atoms with Gasteiger partial charge in [0.15, 0.2) is 0 Å². The Kier molecular flexibility index (Phi) is 5.30. The smallest absolute Gasteiger partial charge is 0.333 e. The second kappa shape index (κ2) is 6.52. The van der Waals surface area contributed by atoms with E-state index in [1.54, 1.807) is 13.0 Å². The van der Waals surface area contributed by atoms with Crippen LogP contribution in [0.4, 0.5) is 0 Å². The molecular formula is C14H22N2O3. The predicted octanol–water partition coefficient (Wildman–Crippen LogP) is 1.38. The first-order valence-corrected chi connectivity index (χ1v) is 6.38. The van der Waals surface area contributed by atoms with E-state index >= 15 is 0 Å². The van der Waals surface area contributed by atoms with Gasteiger partial charge >= 0.3 is 5.97 Å². The minimum Gasteiger partial charge on any atom is -0.333 e. The third-order valence-electron chi connectivity index (χ3n) is 3.31. The molecule has 0 saturated carbocycles. The molecule has 1 heterocycles. The molecule has 5 nitrogen and oxygen atoms in total. The molecule has 19 heavy (non-hydrogen) atoms. The molecule has 1 fully saturated rings. The maximum Gasteiger partial charge on any atom is 0.358 e. The summed E-state index contributed by atoms with van der Waals surface area (Å²) >= 11 is 0. The predicted molar refractivity (Wildman–Crippen MR) is 73.0 cm³/mol. The van der Waals surface area contributed by atoms with Crippen molar-refractivity contribution in [1.82, 2.24) is 9.96 Å². The van der Waals surface area contributed by atoms with Gasteiger partial charge in [0.05, 0.1) is 12.5 Å². The van der Waals surface area contributed by atoms with Gasteiger partial charge in [-0.1, -0.05) is 12.2 Å². The molecule has 0 bridgehead atoms. The quantitative estimate of drug-likeness (QED) is 0.557. The van der Waals surface area contributed by atoms with E-state index in [9.17, 15) is 9.59 Å². The van der Waals surface area contributed by atoms with Crippen LogP contribution in [0.25, 0.3) is 0 Å². The lowest BCUT2D eigenvalue weighted by atomic mass is 10.1. The van der Waals surface area contributed by atoms with E-state index in [1.807, 2.05) is 32.0 Å². The topological polar surface area (TPSA) is 49.9 Å². The molecule has 0 radical (unpaired) electrons. The Morgan fingerprint density at radius 1 is 1.58 bits per heavy atom. The van der Waals surface area contributed by atoms with Crippen molar-refractivity contribution in [2.24, 2.45) is 5.92 Å². The van der Waals surface area contributed by atoms with Crippen molar-refractivity contribution in [3.05, 3.63) is 24.3 Å². The van der Waals surface area contributed by atoms with Gasteiger partial charge in [-0.3, -0.25) is 4.79 Å². The number of rotatable bonds is 5. The molecule has 106 valence electrons. The molecule has 1 aliphatic heterocycles. The Morgan fingerprint density at radius 2 is 2.21 bits per heavy atom. The lowest BCUT2D eigenvalue weighted by Gasteiger charge is -2.18. The number of nitrogens with zero attached hydrogens (tertiary/aromatic N) is 2. The van der Waals surface area contributed by atoms with Crippen molar-refractivity contribution in [2.45, 2.75) is 26.3 Å². The summed E-state index contributed by atoms with van der Waals surface area (Å²) in [6, 6.07) is 0.128. The van der Waals surface area contributed by atoms with Gasteiger partial charge in [0.1, 0.15) is 0 Å². The minimum absolute atomic E-state index is 0.128. The third-order valence-corrected chi connectivity index (χ3v) is 3.31. The van der Waals surface area contributed by atoms with Crippen molar-refractivity contribution in [1.29, 1.82) is 0 Å². The molecule has 2 unspecified atom stereocenters. The van der Waals surface area contributed by atoms with Crippen molar-refractivity contribution in [3.63, 3.8) is 0 Å². The zero-order valence-corrected chi connectivity index (χ0v) is 12.0. The van der Waals surface area contributed by atoms with E-state index in [-0.39, 0.29) is 17.9 Å². The van der Waals surface area contributed by atoms with Gasteiger partial charge in [0.25, 0.3) is 5.91 Å². The summed E-state index contributed by atoms with van der Waals surface area (Å²) in [5.74, 6) is -0.915. The zero-order valence-electron chi connectivity index (χ0n) is 12.0. The van der Waals surface area contributed by atoms with Crippen LogP contribution >= 0.6 is 0 Å². The van der Waals surface area contributed by atoms with Crippen molar-refractivity contribution in [2.75, 3.05) is 20.6 Å². The Bertz CT molecular complexity index is 401. The molecule has 0 aromatic carbocycles. The average Bonchev–Trinajstić information content (AvgIpc) is 2.70. The molecular weight excluding hydrogens is 244 g/mol. The van der Waals surface area contributed by atoms with Crippen LogP contribution in [0, 0.1) is 5.92 Å². The van der Waals surface area contributed by atoms with Crippen LogP contribution in [0.2, 0.25) is 0 Å². The van der Waals surface area contributed by atoms with Crippen LogP contribution in [0.3, 0.4) is 0 Å². The van der Waals surface area contributed by atoms with Crippen LogP contribution < -0.4 is 0 Å². The summed E-state index contributed by atoms with van der Waals surface area (Å²) in [5.41, 5.74) is 0.496. The fraction of sp³-hybridized carbons (Fsp3) is 0.571. The van der Waals surface area contributed by atoms with Gasteiger partial charge in [0.2, 0.25) is 0 Å². The third kappa shape index (κ3) is 3.92. The number of hydrogen-bond donors (Lipinski definition) is 0. The minimum atomic E-state index is -0.480.